The third kappa shape index (κ3) is 5.02. The molecule has 3 atom stereocenters. The molecule has 0 radical (unpaired) electrons. The van der Waals surface area contributed by atoms with E-state index in [0.717, 1.165) is 0 Å². The molecule has 0 spiro atoms. The van der Waals surface area contributed by atoms with E-state index in [0.29, 0.717) is 21.2 Å². The standard InChI is InChI=1S/C20H15Cl2NO5/c21-14-5-1-12(2-6-14)19(24)26-11-18-17(9-16(10-23)27-18)28-20(25)13-3-7-15(22)8-4-13/h1-8,16-18H,9,11H2/t16-,17?,18-/m1/s1. The average Bonchev–Trinajstić information content (AvgIpc) is 3.09. The summed E-state index contributed by atoms with van der Waals surface area (Å²) in [7, 11) is 0. The zero-order valence-electron chi connectivity index (χ0n) is 14.5. The fourth-order valence-corrected chi connectivity index (χ4v) is 2.94. The number of nitriles is 1. The minimum atomic E-state index is -0.748. The van der Waals surface area contributed by atoms with E-state index < -0.39 is 30.3 Å². The highest BCUT2D eigenvalue weighted by atomic mass is 35.5. The van der Waals surface area contributed by atoms with Crippen molar-refractivity contribution in [2.75, 3.05) is 6.61 Å². The van der Waals surface area contributed by atoms with Crippen LogP contribution in [0.2, 0.25) is 10.0 Å². The highest BCUT2D eigenvalue weighted by Crippen LogP contribution is 2.25. The molecular weight excluding hydrogens is 405 g/mol. The number of esters is 2. The van der Waals surface area contributed by atoms with Gasteiger partial charge in [0.25, 0.3) is 0 Å². The first-order valence-corrected chi connectivity index (χ1v) is 9.16. The molecule has 28 heavy (non-hydrogen) atoms. The normalized spacial score (nSPS) is 21.0. The maximum absolute atomic E-state index is 12.3. The third-order valence-electron chi connectivity index (χ3n) is 4.14. The maximum atomic E-state index is 12.3. The van der Waals surface area contributed by atoms with Gasteiger partial charge in [0, 0.05) is 16.5 Å². The van der Waals surface area contributed by atoms with Gasteiger partial charge in [-0.15, -0.1) is 0 Å². The van der Waals surface area contributed by atoms with E-state index in [9.17, 15) is 9.59 Å². The summed E-state index contributed by atoms with van der Waals surface area (Å²) in [6.07, 6.45) is -2.01. The average molecular weight is 420 g/mol. The lowest BCUT2D eigenvalue weighted by atomic mass is 10.1. The van der Waals surface area contributed by atoms with Crippen LogP contribution in [0, 0.1) is 11.3 Å². The highest BCUT2D eigenvalue weighted by molar-refractivity contribution is 6.30. The van der Waals surface area contributed by atoms with Crippen LogP contribution in [0.4, 0.5) is 0 Å². The van der Waals surface area contributed by atoms with Crippen molar-refractivity contribution in [2.45, 2.75) is 24.7 Å². The number of carbonyl (C=O) groups is 2. The van der Waals surface area contributed by atoms with Crippen molar-refractivity contribution in [2.24, 2.45) is 0 Å². The van der Waals surface area contributed by atoms with Crippen LogP contribution in [0.15, 0.2) is 48.5 Å². The van der Waals surface area contributed by atoms with Gasteiger partial charge in [-0.2, -0.15) is 5.26 Å². The molecule has 6 nitrogen and oxygen atoms in total. The van der Waals surface area contributed by atoms with Gasteiger partial charge in [0.05, 0.1) is 17.2 Å². The second-order valence-electron chi connectivity index (χ2n) is 6.08. The summed E-state index contributed by atoms with van der Waals surface area (Å²) in [5, 5.41) is 10.1. The van der Waals surface area contributed by atoms with E-state index in [1.165, 1.54) is 24.3 Å². The lowest BCUT2D eigenvalue weighted by molar-refractivity contribution is -0.0349. The fourth-order valence-electron chi connectivity index (χ4n) is 2.69. The molecule has 0 amide bonds. The van der Waals surface area contributed by atoms with Crippen LogP contribution in [0.25, 0.3) is 0 Å². The lowest BCUT2D eigenvalue weighted by Crippen LogP contribution is -2.32. The van der Waals surface area contributed by atoms with Crippen molar-refractivity contribution in [1.29, 1.82) is 5.26 Å². The Kier molecular flexibility index (Phi) is 6.53. The van der Waals surface area contributed by atoms with Crippen LogP contribution in [0.3, 0.4) is 0 Å². The quantitative estimate of drug-likeness (QED) is 0.679. The zero-order valence-corrected chi connectivity index (χ0v) is 16.0. The minimum Gasteiger partial charge on any atom is -0.459 e. The van der Waals surface area contributed by atoms with E-state index in [2.05, 4.69) is 0 Å². The summed E-state index contributed by atoms with van der Waals surface area (Å²) in [4.78, 5) is 24.5. The van der Waals surface area contributed by atoms with E-state index in [4.69, 9.17) is 42.7 Å². The van der Waals surface area contributed by atoms with Gasteiger partial charge in [-0.1, -0.05) is 23.2 Å². The molecule has 0 bridgehead atoms. The Bertz CT molecular complexity index is 892. The van der Waals surface area contributed by atoms with Crippen LogP contribution in [-0.2, 0) is 14.2 Å². The molecule has 144 valence electrons. The van der Waals surface area contributed by atoms with Crippen LogP contribution in [0.5, 0.6) is 0 Å². The van der Waals surface area contributed by atoms with Crippen LogP contribution >= 0.6 is 23.2 Å². The molecule has 8 heteroatoms. The van der Waals surface area contributed by atoms with Gasteiger partial charge in [0.2, 0.25) is 0 Å². The number of nitrogens with zero attached hydrogens (tertiary/aromatic N) is 1. The van der Waals surface area contributed by atoms with E-state index >= 15 is 0 Å². The lowest BCUT2D eigenvalue weighted by Gasteiger charge is -2.19. The molecule has 3 rings (SSSR count). The van der Waals surface area contributed by atoms with E-state index in [1.54, 1.807) is 24.3 Å². The van der Waals surface area contributed by atoms with Crippen LogP contribution in [-0.4, -0.2) is 36.9 Å². The molecule has 0 aromatic heterocycles. The number of carbonyl (C=O) groups excluding carboxylic acids is 2. The van der Waals surface area contributed by atoms with Crippen LogP contribution in [0.1, 0.15) is 27.1 Å². The second-order valence-corrected chi connectivity index (χ2v) is 6.96. The Labute approximate surface area is 171 Å². The Morgan fingerprint density at radius 1 is 1.00 bits per heavy atom. The summed E-state index contributed by atoms with van der Waals surface area (Å²) in [5.74, 6) is -1.14. The first-order valence-electron chi connectivity index (χ1n) is 8.40. The number of benzene rings is 2. The number of halogens is 2. The first-order chi connectivity index (χ1) is 13.5. The summed E-state index contributed by atoms with van der Waals surface area (Å²) >= 11 is 11.6. The fraction of sp³-hybridized carbons (Fsp3) is 0.250. The van der Waals surface area contributed by atoms with Crippen molar-refractivity contribution in [1.82, 2.24) is 0 Å². The summed E-state index contributed by atoms with van der Waals surface area (Å²) < 4.78 is 16.2. The van der Waals surface area contributed by atoms with E-state index in [1.807, 2.05) is 6.07 Å². The van der Waals surface area contributed by atoms with Crippen LogP contribution < -0.4 is 0 Å². The number of rotatable bonds is 5. The zero-order chi connectivity index (χ0) is 20.1. The molecule has 2 aromatic rings. The van der Waals surface area contributed by atoms with Crippen molar-refractivity contribution < 1.29 is 23.8 Å². The van der Waals surface area contributed by atoms with Crippen molar-refractivity contribution >= 4 is 35.1 Å². The molecule has 1 fully saturated rings. The van der Waals surface area contributed by atoms with Crippen molar-refractivity contribution in [3.63, 3.8) is 0 Å². The molecule has 0 aliphatic carbocycles. The first kappa shape index (κ1) is 20.2. The van der Waals surface area contributed by atoms with Gasteiger partial charge in [0.1, 0.15) is 24.9 Å². The molecular formula is C20H15Cl2NO5. The molecule has 1 saturated heterocycles. The number of hydrogen-bond acceptors (Lipinski definition) is 6. The van der Waals surface area contributed by atoms with Gasteiger partial charge in [-0.3, -0.25) is 0 Å². The van der Waals surface area contributed by atoms with Gasteiger partial charge in [-0.05, 0) is 48.5 Å². The summed E-state index contributed by atoms with van der Waals surface area (Å²) in [6, 6.07) is 14.4. The number of ether oxygens (including phenoxy) is 3. The second kappa shape index (κ2) is 9.07. The van der Waals surface area contributed by atoms with E-state index in [-0.39, 0.29) is 13.0 Å². The molecule has 1 heterocycles. The highest BCUT2D eigenvalue weighted by Gasteiger charge is 2.39. The Hall–Kier alpha value is -2.59. The Morgan fingerprint density at radius 2 is 1.54 bits per heavy atom. The predicted molar refractivity (Wildman–Crippen MR) is 101 cm³/mol. The molecule has 1 unspecified atom stereocenters. The largest absolute Gasteiger partial charge is 0.459 e. The van der Waals surface area contributed by atoms with Crippen molar-refractivity contribution in [3.8, 4) is 6.07 Å². The smallest absolute Gasteiger partial charge is 0.338 e. The predicted octanol–water partition coefficient (Wildman–Crippen LogP) is 4.06. The van der Waals surface area contributed by atoms with Gasteiger partial charge < -0.3 is 14.2 Å². The molecule has 0 N–H and O–H groups in total. The SMILES string of the molecule is N#C[C@H]1CC(OC(=O)c2ccc(Cl)cc2)[C@@H](COC(=O)c2ccc(Cl)cc2)O1. The Balaban J connectivity index is 1.62. The molecule has 2 aromatic carbocycles. The molecule has 1 aliphatic rings. The molecule has 0 saturated carbocycles. The summed E-state index contributed by atoms with van der Waals surface area (Å²) in [6.45, 7) is -0.155. The maximum Gasteiger partial charge on any atom is 0.338 e. The van der Waals surface area contributed by atoms with Gasteiger partial charge in [0.15, 0.2) is 0 Å². The third-order valence-corrected chi connectivity index (χ3v) is 4.65. The van der Waals surface area contributed by atoms with Crippen molar-refractivity contribution in [3.05, 3.63) is 69.7 Å². The topological polar surface area (TPSA) is 85.6 Å². The minimum absolute atomic E-state index is 0.155. The monoisotopic (exact) mass is 419 g/mol. The van der Waals surface area contributed by atoms with Gasteiger partial charge in [-0.25, -0.2) is 9.59 Å². The number of hydrogen-bond donors (Lipinski definition) is 0. The van der Waals surface area contributed by atoms with Gasteiger partial charge >= 0.3 is 11.9 Å². The Morgan fingerprint density at radius 3 is 2.07 bits per heavy atom. The molecule has 1 aliphatic heterocycles. The summed E-state index contributed by atoms with van der Waals surface area (Å²) in [5.41, 5.74) is 0.649.